The molecule has 0 atom stereocenters. The van der Waals surface area contributed by atoms with Crippen molar-refractivity contribution in [3.05, 3.63) is 54.3 Å². The summed E-state index contributed by atoms with van der Waals surface area (Å²) in [5.74, 6) is -0.584. The summed E-state index contributed by atoms with van der Waals surface area (Å²) in [6, 6.07) is 12.3. The number of carbonyl (C=O) groups is 2. The van der Waals surface area contributed by atoms with Gasteiger partial charge in [0.2, 0.25) is 5.91 Å². The number of anilines is 2. The number of hydrogen-bond acceptors (Lipinski definition) is 3. The molecular formula is C16H15FN2O3. The minimum atomic E-state index is -0.429. The van der Waals surface area contributed by atoms with E-state index in [9.17, 15) is 14.0 Å². The lowest BCUT2D eigenvalue weighted by Crippen LogP contribution is -2.20. The number of ether oxygens (including phenoxy) is 1. The summed E-state index contributed by atoms with van der Waals surface area (Å²) < 4.78 is 18.3. The number of benzene rings is 2. The Morgan fingerprint density at radius 1 is 1.05 bits per heavy atom. The molecule has 6 heteroatoms. The first-order valence-electron chi connectivity index (χ1n) is 6.59. The smallest absolute Gasteiger partial charge is 0.262 e. The number of halogens is 1. The topological polar surface area (TPSA) is 67.4 Å². The van der Waals surface area contributed by atoms with E-state index in [1.807, 2.05) is 0 Å². The number of amides is 2. The average molecular weight is 302 g/mol. The number of carbonyl (C=O) groups excluding carboxylic acids is 2. The van der Waals surface area contributed by atoms with Crippen molar-refractivity contribution in [1.29, 1.82) is 0 Å². The summed E-state index contributed by atoms with van der Waals surface area (Å²) in [5.41, 5.74) is 0.941. The zero-order valence-corrected chi connectivity index (χ0v) is 11.9. The van der Waals surface area contributed by atoms with E-state index in [4.69, 9.17) is 4.74 Å². The fraction of sp³-hybridized carbons (Fsp3) is 0.125. The third-order valence-corrected chi connectivity index (χ3v) is 2.63. The fourth-order valence-corrected chi connectivity index (χ4v) is 1.78. The highest BCUT2D eigenvalue weighted by Gasteiger charge is 2.05. The first-order valence-corrected chi connectivity index (χ1v) is 6.59. The van der Waals surface area contributed by atoms with E-state index >= 15 is 0 Å². The molecule has 0 fully saturated rings. The van der Waals surface area contributed by atoms with Crippen molar-refractivity contribution < 1.29 is 18.7 Å². The lowest BCUT2D eigenvalue weighted by Gasteiger charge is -2.09. The molecule has 2 rings (SSSR count). The van der Waals surface area contributed by atoms with Gasteiger partial charge < -0.3 is 15.4 Å². The minimum Gasteiger partial charge on any atom is -0.484 e. The first-order chi connectivity index (χ1) is 10.5. The highest BCUT2D eigenvalue weighted by atomic mass is 19.1. The number of nitrogens with one attached hydrogen (secondary N) is 2. The van der Waals surface area contributed by atoms with Crippen LogP contribution >= 0.6 is 0 Å². The molecule has 0 aliphatic carbocycles. The zero-order valence-electron chi connectivity index (χ0n) is 11.9. The van der Waals surface area contributed by atoms with Crippen LogP contribution in [0, 0.1) is 5.82 Å². The predicted molar refractivity (Wildman–Crippen MR) is 81.3 cm³/mol. The van der Waals surface area contributed by atoms with Gasteiger partial charge in [-0.05, 0) is 30.3 Å². The lowest BCUT2D eigenvalue weighted by molar-refractivity contribution is -0.118. The summed E-state index contributed by atoms with van der Waals surface area (Å²) in [4.78, 5) is 22.7. The molecule has 0 saturated heterocycles. The fourth-order valence-electron chi connectivity index (χ4n) is 1.78. The second-order valence-electron chi connectivity index (χ2n) is 4.56. The van der Waals surface area contributed by atoms with Crippen LogP contribution in [0.5, 0.6) is 5.75 Å². The molecule has 0 spiro atoms. The van der Waals surface area contributed by atoms with Gasteiger partial charge in [0.15, 0.2) is 6.61 Å². The maximum atomic E-state index is 13.0. The second-order valence-corrected chi connectivity index (χ2v) is 4.56. The highest BCUT2D eigenvalue weighted by Crippen LogP contribution is 2.17. The van der Waals surface area contributed by atoms with Crippen molar-refractivity contribution in [1.82, 2.24) is 0 Å². The molecule has 0 saturated carbocycles. The quantitative estimate of drug-likeness (QED) is 0.892. The summed E-state index contributed by atoms with van der Waals surface area (Å²) in [7, 11) is 0. The van der Waals surface area contributed by atoms with Crippen LogP contribution in [0.2, 0.25) is 0 Å². The van der Waals surface area contributed by atoms with Crippen molar-refractivity contribution in [2.45, 2.75) is 6.92 Å². The Labute approximate surface area is 127 Å². The van der Waals surface area contributed by atoms with Crippen LogP contribution < -0.4 is 15.4 Å². The molecule has 2 amide bonds. The molecule has 0 aliphatic rings. The Balaban J connectivity index is 1.89. The molecule has 5 nitrogen and oxygen atoms in total. The van der Waals surface area contributed by atoms with Crippen LogP contribution in [0.25, 0.3) is 0 Å². The van der Waals surface area contributed by atoms with Crippen LogP contribution in [0.1, 0.15) is 6.92 Å². The van der Waals surface area contributed by atoms with E-state index in [0.29, 0.717) is 17.1 Å². The summed E-state index contributed by atoms with van der Waals surface area (Å²) in [6.07, 6.45) is 0. The van der Waals surface area contributed by atoms with E-state index in [0.717, 1.165) is 0 Å². The van der Waals surface area contributed by atoms with Crippen LogP contribution in [0.4, 0.5) is 15.8 Å². The highest BCUT2D eigenvalue weighted by molar-refractivity contribution is 5.92. The molecule has 0 bridgehead atoms. The van der Waals surface area contributed by atoms with Crippen molar-refractivity contribution in [2.75, 3.05) is 17.2 Å². The summed E-state index contributed by atoms with van der Waals surface area (Å²) in [5, 5.41) is 5.14. The Bertz CT molecular complexity index is 689. The Morgan fingerprint density at radius 3 is 2.41 bits per heavy atom. The largest absolute Gasteiger partial charge is 0.484 e. The monoisotopic (exact) mass is 302 g/mol. The van der Waals surface area contributed by atoms with Gasteiger partial charge in [0.25, 0.3) is 5.91 Å². The van der Waals surface area contributed by atoms with Crippen LogP contribution in [-0.2, 0) is 9.59 Å². The Morgan fingerprint density at radius 2 is 1.73 bits per heavy atom. The van der Waals surface area contributed by atoms with Crippen molar-refractivity contribution in [3.63, 3.8) is 0 Å². The van der Waals surface area contributed by atoms with Crippen molar-refractivity contribution in [3.8, 4) is 5.75 Å². The van der Waals surface area contributed by atoms with Crippen LogP contribution in [0.3, 0.4) is 0 Å². The Hall–Kier alpha value is -2.89. The lowest BCUT2D eigenvalue weighted by atomic mass is 10.3. The van der Waals surface area contributed by atoms with Gasteiger partial charge in [-0.25, -0.2) is 4.39 Å². The standard InChI is InChI=1S/C16H15FN2O3/c1-11(20)18-14-6-3-7-15(9-14)22-10-16(21)19-13-5-2-4-12(17)8-13/h2-9H,10H2,1H3,(H,18,20)(H,19,21). The van der Waals surface area contributed by atoms with Crippen molar-refractivity contribution >= 4 is 23.2 Å². The van der Waals surface area contributed by atoms with Gasteiger partial charge in [-0.3, -0.25) is 9.59 Å². The molecule has 114 valence electrons. The molecule has 0 aliphatic heterocycles. The molecule has 2 aromatic rings. The van der Waals surface area contributed by atoms with E-state index in [1.54, 1.807) is 30.3 Å². The van der Waals surface area contributed by atoms with Gasteiger partial charge >= 0.3 is 0 Å². The van der Waals surface area contributed by atoms with Gasteiger partial charge in [-0.1, -0.05) is 12.1 Å². The second kappa shape index (κ2) is 7.21. The van der Waals surface area contributed by atoms with Gasteiger partial charge in [0, 0.05) is 24.4 Å². The molecule has 0 heterocycles. The van der Waals surface area contributed by atoms with Gasteiger partial charge in [-0.2, -0.15) is 0 Å². The molecule has 0 aromatic heterocycles. The molecular weight excluding hydrogens is 287 g/mol. The average Bonchev–Trinajstić information content (AvgIpc) is 2.45. The van der Waals surface area contributed by atoms with Crippen LogP contribution in [0.15, 0.2) is 48.5 Å². The van der Waals surface area contributed by atoms with Gasteiger partial charge in [-0.15, -0.1) is 0 Å². The molecule has 22 heavy (non-hydrogen) atoms. The summed E-state index contributed by atoms with van der Waals surface area (Å²) >= 11 is 0. The summed E-state index contributed by atoms with van der Waals surface area (Å²) in [6.45, 7) is 1.18. The van der Waals surface area contributed by atoms with Crippen LogP contribution in [-0.4, -0.2) is 18.4 Å². The van der Waals surface area contributed by atoms with E-state index in [1.165, 1.54) is 25.1 Å². The molecule has 0 unspecified atom stereocenters. The normalized spacial score (nSPS) is 9.91. The maximum absolute atomic E-state index is 13.0. The molecule has 0 radical (unpaired) electrons. The van der Waals surface area contributed by atoms with Gasteiger partial charge in [0.1, 0.15) is 11.6 Å². The minimum absolute atomic E-state index is 0.194. The number of rotatable bonds is 5. The maximum Gasteiger partial charge on any atom is 0.262 e. The zero-order chi connectivity index (χ0) is 15.9. The number of hydrogen-bond donors (Lipinski definition) is 2. The van der Waals surface area contributed by atoms with E-state index < -0.39 is 11.7 Å². The third-order valence-electron chi connectivity index (χ3n) is 2.63. The third kappa shape index (κ3) is 4.90. The van der Waals surface area contributed by atoms with E-state index in [2.05, 4.69) is 10.6 Å². The molecule has 2 N–H and O–H groups in total. The van der Waals surface area contributed by atoms with E-state index in [-0.39, 0.29) is 12.5 Å². The predicted octanol–water partition coefficient (Wildman–Crippen LogP) is 2.80. The SMILES string of the molecule is CC(=O)Nc1cccc(OCC(=O)Nc2cccc(F)c2)c1. The van der Waals surface area contributed by atoms with Crippen molar-refractivity contribution in [2.24, 2.45) is 0 Å². The Kier molecular flexibility index (Phi) is 5.08. The first kappa shape index (κ1) is 15.5. The molecule has 2 aromatic carbocycles. The van der Waals surface area contributed by atoms with Gasteiger partial charge in [0.05, 0.1) is 0 Å².